The zero-order valence-electron chi connectivity index (χ0n) is 4.52. The zero-order chi connectivity index (χ0) is 5.96. The minimum atomic E-state index is -0.463. The van der Waals surface area contributed by atoms with Crippen LogP contribution in [0.15, 0.2) is 0 Å². The van der Waals surface area contributed by atoms with Crippen LogP contribution < -0.4 is 0 Å². The predicted molar refractivity (Wildman–Crippen MR) is 26.1 cm³/mol. The third-order valence-corrected chi connectivity index (χ3v) is 3.59. The van der Waals surface area contributed by atoms with E-state index in [1.165, 1.54) is 0 Å². The molecule has 3 saturated heterocycles. The van der Waals surface area contributed by atoms with Gasteiger partial charge in [0.25, 0.3) is 5.66 Å². The molecule has 0 radical (unpaired) electrons. The van der Waals surface area contributed by atoms with Gasteiger partial charge in [-0.15, -0.1) is 0 Å². The summed E-state index contributed by atoms with van der Waals surface area (Å²) < 4.78 is 0. The molecule has 0 aromatic rings. The summed E-state index contributed by atoms with van der Waals surface area (Å²) >= 11 is 0. The highest BCUT2D eigenvalue weighted by molar-refractivity contribution is 5.55. The van der Waals surface area contributed by atoms with Crippen molar-refractivity contribution in [3.8, 4) is 0 Å². The van der Waals surface area contributed by atoms with Crippen LogP contribution in [0.2, 0.25) is 0 Å². The van der Waals surface area contributed by atoms with Crippen molar-refractivity contribution in [1.82, 2.24) is 4.90 Å². The SMILES string of the molecule is O=[N+]([O-])C12C3C4C3N1C42. The van der Waals surface area contributed by atoms with Crippen molar-refractivity contribution in [2.24, 2.45) is 11.8 Å². The van der Waals surface area contributed by atoms with Crippen molar-refractivity contribution in [1.29, 1.82) is 0 Å². The van der Waals surface area contributed by atoms with Crippen molar-refractivity contribution in [2.45, 2.75) is 17.7 Å². The minimum absolute atomic E-state index is 0.0810. The van der Waals surface area contributed by atoms with Crippen LogP contribution in [0.3, 0.4) is 0 Å². The molecule has 3 aliphatic heterocycles. The fraction of sp³-hybridized carbons (Fsp3) is 1.00. The molecule has 46 valence electrons. The molecule has 0 aromatic heterocycles. The van der Waals surface area contributed by atoms with E-state index in [0.717, 1.165) is 5.92 Å². The molecule has 2 aliphatic carbocycles. The van der Waals surface area contributed by atoms with Gasteiger partial charge in [-0.2, -0.15) is 0 Å². The molecule has 0 spiro atoms. The first-order chi connectivity index (χ1) is 4.31. The summed E-state index contributed by atoms with van der Waals surface area (Å²) in [5.41, 5.74) is -0.463. The van der Waals surface area contributed by atoms with Crippen LogP contribution in [-0.4, -0.2) is 27.6 Å². The molecule has 0 aromatic carbocycles. The van der Waals surface area contributed by atoms with Gasteiger partial charge in [0.2, 0.25) is 0 Å². The summed E-state index contributed by atoms with van der Waals surface area (Å²) in [6.45, 7) is 0. The third-order valence-electron chi connectivity index (χ3n) is 3.59. The summed E-state index contributed by atoms with van der Waals surface area (Å²) in [4.78, 5) is 12.3. The number of rotatable bonds is 1. The standard InChI is InChI=1S/C5H4N2O2/c8-7(9)5-2-1-3(2)6(5)4(1)5/h1-4H. The van der Waals surface area contributed by atoms with Crippen molar-refractivity contribution in [2.75, 3.05) is 0 Å². The van der Waals surface area contributed by atoms with E-state index in [1.54, 1.807) is 0 Å². The second-order valence-corrected chi connectivity index (χ2v) is 3.49. The lowest BCUT2D eigenvalue weighted by Crippen LogP contribution is -2.42. The van der Waals surface area contributed by atoms with E-state index < -0.39 is 5.66 Å². The molecule has 9 heavy (non-hydrogen) atoms. The Hall–Kier alpha value is -0.640. The van der Waals surface area contributed by atoms with E-state index in [1.807, 2.05) is 4.90 Å². The summed E-state index contributed by atoms with van der Waals surface area (Å²) in [7, 11) is 0. The number of nitrogens with zero attached hydrogens (tertiary/aromatic N) is 2. The summed E-state index contributed by atoms with van der Waals surface area (Å²) in [6, 6.07) is 1.09. The van der Waals surface area contributed by atoms with Crippen LogP contribution in [0.5, 0.6) is 0 Å². The van der Waals surface area contributed by atoms with Crippen molar-refractivity contribution in [3.63, 3.8) is 0 Å². The minimum Gasteiger partial charge on any atom is -0.262 e. The van der Waals surface area contributed by atoms with Gasteiger partial charge in [0.15, 0.2) is 0 Å². The lowest BCUT2D eigenvalue weighted by molar-refractivity contribution is -0.572. The van der Waals surface area contributed by atoms with Crippen LogP contribution in [0.4, 0.5) is 0 Å². The fourth-order valence-electron chi connectivity index (χ4n) is 3.22. The smallest absolute Gasteiger partial charge is 0.262 e. The fourth-order valence-corrected chi connectivity index (χ4v) is 3.22. The Balaban J connectivity index is 1.93. The topological polar surface area (TPSA) is 46.1 Å². The van der Waals surface area contributed by atoms with Crippen molar-refractivity contribution >= 4 is 0 Å². The third kappa shape index (κ3) is 0.112. The Morgan fingerprint density at radius 2 is 2.44 bits per heavy atom. The number of piperidine rings is 1. The van der Waals surface area contributed by atoms with Gasteiger partial charge >= 0.3 is 0 Å². The number of hydrogen-bond donors (Lipinski definition) is 0. The van der Waals surface area contributed by atoms with E-state index >= 15 is 0 Å². The van der Waals surface area contributed by atoms with Crippen LogP contribution in [0, 0.1) is 22.0 Å². The van der Waals surface area contributed by atoms with E-state index in [4.69, 9.17) is 0 Å². The van der Waals surface area contributed by atoms with Crippen LogP contribution >= 0.6 is 0 Å². The van der Waals surface area contributed by atoms with Crippen LogP contribution in [0.25, 0.3) is 0 Å². The van der Waals surface area contributed by atoms with Gasteiger partial charge in [-0.1, -0.05) is 0 Å². The highest BCUT2D eigenvalue weighted by Gasteiger charge is 3.14. The molecule has 5 aliphatic rings. The Kier molecular flexibility index (Phi) is 0.213. The first-order valence-corrected chi connectivity index (χ1v) is 3.24. The lowest BCUT2D eigenvalue weighted by Gasteiger charge is -2.15. The van der Waals surface area contributed by atoms with E-state index in [2.05, 4.69) is 0 Å². The molecular formula is C5H4N2O2. The second kappa shape index (κ2) is 0.546. The molecule has 0 bridgehead atoms. The van der Waals surface area contributed by atoms with Gasteiger partial charge in [-0.3, -0.25) is 10.1 Å². The van der Waals surface area contributed by atoms with Crippen molar-refractivity contribution in [3.05, 3.63) is 10.1 Å². The molecule has 6 unspecified atom stereocenters. The highest BCUT2D eigenvalue weighted by Crippen LogP contribution is 2.92. The Morgan fingerprint density at radius 1 is 1.67 bits per heavy atom. The molecule has 4 nitrogen and oxygen atoms in total. The molecule has 0 N–H and O–H groups in total. The molecular weight excluding hydrogens is 120 g/mol. The summed E-state index contributed by atoms with van der Waals surface area (Å²) in [5, 5.41) is 10.4. The summed E-state index contributed by atoms with van der Waals surface area (Å²) in [5.74, 6) is 1.27. The van der Waals surface area contributed by atoms with E-state index in [-0.39, 0.29) is 4.92 Å². The molecule has 0 amide bonds. The first kappa shape index (κ1) is 3.51. The second-order valence-electron chi connectivity index (χ2n) is 3.49. The maximum atomic E-state index is 10.4. The normalized spacial score (nSPS) is 83.8. The quantitative estimate of drug-likeness (QED) is 0.263. The van der Waals surface area contributed by atoms with Gasteiger partial charge in [0.05, 0.1) is 5.92 Å². The van der Waals surface area contributed by atoms with Gasteiger partial charge in [0.1, 0.15) is 6.04 Å². The van der Waals surface area contributed by atoms with Crippen LogP contribution in [-0.2, 0) is 0 Å². The monoisotopic (exact) mass is 124 g/mol. The van der Waals surface area contributed by atoms with Gasteiger partial charge in [-0.25, -0.2) is 4.90 Å². The Bertz CT molecular complexity index is 234. The molecule has 5 rings (SSSR count). The van der Waals surface area contributed by atoms with Gasteiger partial charge < -0.3 is 0 Å². The predicted octanol–water partition coefficient (Wildman–Crippen LogP) is -0.715. The zero-order valence-corrected chi connectivity index (χ0v) is 4.52. The van der Waals surface area contributed by atoms with E-state index in [0.29, 0.717) is 18.0 Å². The maximum absolute atomic E-state index is 10.4. The Labute approximate surface area is 50.6 Å². The summed E-state index contributed by atoms with van der Waals surface area (Å²) in [6.07, 6.45) is 0. The molecule has 4 heteroatoms. The average Bonchev–Trinajstić information content (AvgIpc) is 2.06. The average molecular weight is 124 g/mol. The highest BCUT2D eigenvalue weighted by atomic mass is 16.6. The Morgan fingerprint density at radius 3 is 2.67 bits per heavy atom. The first-order valence-electron chi connectivity index (χ1n) is 3.24. The van der Waals surface area contributed by atoms with Gasteiger partial charge in [0, 0.05) is 16.9 Å². The van der Waals surface area contributed by atoms with Crippen LogP contribution in [0.1, 0.15) is 0 Å². The molecule has 2 saturated carbocycles. The number of hydrogen-bond acceptors (Lipinski definition) is 3. The molecule has 5 fully saturated rings. The largest absolute Gasteiger partial charge is 0.299 e. The van der Waals surface area contributed by atoms with E-state index in [9.17, 15) is 10.1 Å². The van der Waals surface area contributed by atoms with Gasteiger partial charge in [-0.05, 0) is 0 Å². The van der Waals surface area contributed by atoms with Crippen molar-refractivity contribution < 1.29 is 4.92 Å². The molecule has 6 atom stereocenters. The molecule has 3 heterocycles. The number of nitro groups is 1. The lowest BCUT2D eigenvalue weighted by atomic mass is 9.94. The maximum Gasteiger partial charge on any atom is 0.299 e.